The Morgan fingerprint density at radius 3 is 2.62 bits per heavy atom. The largest absolute Gasteiger partial charge is 0.444 e. The topological polar surface area (TPSA) is 62.4 Å². The number of H-pyrrole nitrogens is 1. The minimum atomic E-state index is -0.467. The van der Waals surface area contributed by atoms with Crippen LogP contribution in [0.15, 0.2) is 38.6 Å². The summed E-state index contributed by atoms with van der Waals surface area (Å²) in [5.74, 6) is 0. The zero-order valence-corrected chi connectivity index (χ0v) is 17.6. The van der Waals surface area contributed by atoms with E-state index in [2.05, 4.69) is 20.9 Å². The molecule has 140 valence electrons. The van der Waals surface area contributed by atoms with Crippen LogP contribution in [-0.2, 0) is 4.74 Å². The number of likely N-dealkylation sites (tertiary alicyclic amines) is 1. The number of hydrogen-bond donors (Lipinski definition) is 1. The second-order valence-electron chi connectivity index (χ2n) is 7.46. The van der Waals surface area contributed by atoms with Crippen LogP contribution < -0.4 is 5.56 Å². The van der Waals surface area contributed by atoms with Crippen LogP contribution in [0.5, 0.6) is 0 Å². The Morgan fingerprint density at radius 2 is 1.96 bits per heavy atom. The molecule has 0 unspecified atom stereocenters. The summed E-state index contributed by atoms with van der Waals surface area (Å²) in [5.41, 5.74) is -0.540. The molecule has 1 aromatic carbocycles. The van der Waals surface area contributed by atoms with E-state index in [9.17, 15) is 9.59 Å². The minimum Gasteiger partial charge on any atom is -0.444 e. The van der Waals surface area contributed by atoms with E-state index in [1.54, 1.807) is 22.9 Å². The number of benzene rings is 1. The van der Waals surface area contributed by atoms with Gasteiger partial charge in [0, 0.05) is 44.7 Å². The maximum atomic E-state index is 12.2. The zero-order valence-electron chi connectivity index (χ0n) is 15.2. The molecule has 0 bridgehead atoms. The van der Waals surface area contributed by atoms with Gasteiger partial charge in [-0.2, -0.15) is 0 Å². The van der Waals surface area contributed by atoms with Crippen LogP contribution in [0.3, 0.4) is 0 Å². The van der Waals surface area contributed by atoms with Gasteiger partial charge in [0.25, 0.3) is 5.56 Å². The molecule has 1 aromatic heterocycles. The Kier molecular flexibility index (Phi) is 5.67. The lowest BCUT2D eigenvalue weighted by Gasteiger charge is -2.33. The predicted octanol–water partition coefficient (Wildman–Crippen LogP) is 4.78. The van der Waals surface area contributed by atoms with Crippen molar-refractivity contribution in [3.8, 4) is 0 Å². The van der Waals surface area contributed by atoms with Crippen LogP contribution in [-0.4, -0.2) is 39.9 Å². The summed E-state index contributed by atoms with van der Waals surface area (Å²) in [6, 6.07) is 5.71. The first-order chi connectivity index (χ1) is 12.2. The number of pyridine rings is 1. The van der Waals surface area contributed by atoms with Gasteiger partial charge in [-0.1, -0.05) is 15.9 Å². The maximum absolute atomic E-state index is 12.2. The molecule has 1 fully saturated rings. The Labute approximate surface area is 165 Å². The van der Waals surface area contributed by atoms with Gasteiger partial charge in [-0.05, 0) is 51.8 Å². The summed E-state index contributed by atoms with van der Waals surface area (Å²) >= 11 is 5.25. The molecule has 26 heavy (non-hydrogen) atoms. The number of nitrogens with zero attached hydrogens (tertiary/aromatic N) is 1. The molecule has 0 atom stereocenters. The van der Waals surface area contributed by atoms with Gasteiger partial charge in [0.1, 0.15) is 5.60 Å². The number of carbonyl (C=O) groups is 1. The lowest BCUT2D eigenvalue weighted by atomic mass is 10.1. The summed E-state index contributed by atoms with van der Waals surface area (Å²) in [7, 11) is 0. The number of thioether (sulfide) groups is 1. The van der Waals surface area contributed by atoms with Gasteiger partial charge in [-0.25, -0.2) is 4.79 Å². The molecule has 1 N–H and O–H groups in total. The van der Waals surface area contributed by atoms with E-state index in [0.717, 1.165) is 27.6 Å². The molecule has 2 aromatic rings. The van der Waals surface area contributed by atoms with E-state index in [1.807, 2.05) is 39.0 Å². The highest BCUT2D eigenvalue weighted by Gasteiger charge is 2.27. The van der Waals surface area contributed by atoms with Crippen molar-refractivity contribution in [1.82, 2.24) is 9.88 Å². The average Bonchev–Trinajstić information content (AvgIpc) is 2.56. The molecule has 1 saturated heterocycles. The van der Waals surface area contributed by atoms with Gasteiger partial charge in [0.05, 0.1) is 0 Å². The Balaban J connectivity index is 1.68. The van der Waals surface area contributed by atoms with E-state index in [1.165, 1.54) is 0 Å². The number of rotatable bonds is 2. The first-order valence-corrected chi connectivity index (χ1v) is 10.4. The summed E-state index contributed by atoms with van der Waals surface area (Å²) < 4.78 is 6.41. The molecule has 1 aliphatic heterocycles. The second-order valence-corrected chi connectivity index (χ2v) is 9.71. The molecule has 0 aliphatic carbocycles. The highest BCUT2D eigenvalue weighted by molar-refractivity contribution is 9.10. The van der Waals surface area contributed by atoms with Crippen LogP contribution in [0.25, 0.3) is 10.8 Å². The van der Waals surface area contributed by atoms with E-state index >= 15 is 0 Å². The number of ether oxygens (including phenoxy) is 1. The number of hydrogen-bond acceptors (Lipinski definition) is 4. The highest BCUT2D eigenvalue weighted by atomic mass is 79.9. The molecule has 2 heterocycles. The third-order valence-corrected chi connectivity index (χ3v) is 6.10. The number of fused-ring (bicyclic) bond motifs is 1. The van der Waals surface area contributed by atoms with Crippen LogP contribution in [0, 0.1) is 0 Å². The summed E-state index contributed by atoms with van der Waals surface area (Å²) in [6.07, 6.45) is 3.36. The molecule has 5 nitrogen and oxygen atoms in total. The van der Waals surface area contributed by atoms with Gasteiger partial charge in [0.2, 0.25) is 0 Å². The van der Waals surface area contributed by atoms with Crippen LogP contribution >= 0.6 is 27.7 Å². The Morgan fingerprint density at radius 1 is 1.27 bits per heavy atom. The number of halogens is 1. The lowest BCUT2D eigenvalue weighted by molar-refractivity contribution is 0.0219. The van der Waals surface area contributed by atoms with Crippen molar-refractivity contribution in [2.75, 3.05) is 13.1 Å². The monoisotopic (exact) mass is 438 g/mol. The third-order valence-electron chi connectivity index (χ3n) is 4.21. The summed E-state index contributed by atoms with van der Waals surface area (Å²) in [6.45, 7) is 7.03. The van der Waals surface area contributed by atoms with E-state index < -0.39 is 5.60 Å². The normalized spacial score (nSPS) is 16.1. The molecular weight excluding hydrogens is 416 g/mol. The van der Waals surface area contributed by atoms with E-state index in [4.69, 9.17) is 4.74 Å². The molecule has 0 saturated carbocycles. The number of aromatic amines is 1. The van der Waals surface area contributed by atoms with Gasteiger partial charge in [-0.15, -0.1) is 11.8 Å². The molecule has 0 spiro atoms. The van der Waals surface area contributed by atoms with Gasteiger partial charge in [-0.3, -0.25) is 4.79 Å². The lowest BCUT2D eigenvalue weighted by Crippen LogP contribution is -2.42. The maximum Gasteiger partial charge on any atom is 0.410 e. The molecule has 1 amide bonds. The first-order valence-electron chi connectivity index (χ1n) is 8.68. The van der Waals surface area contributed by atoms with Crippen molar-refractivity contribution in [2.45, 2.75) is 49.4 Å². The van der Waals surface area contributed by atoms with Crippen molar-refractivity contribution in [1.29, 1.82) is 0 Å². The number of nitrogens with one attached hydrogen (secondary N) is 1. The minimum absolute atomic E-state index is 0.0726. The number of aromatic nitrogens is 1. The van der Waals surface area contributed by atoms with Crippen LogP contribution in [0.2, 0.25) is 0 Å². The quantitative estimate of drug-likeness (QED) is 0.732. The van der Waals surface area contributed by atoms with Gasteiger partial charge in [0.15, 0.2) is 0 Å². The number of carbonyl (C=O) groups excluding carboxylic acids is 1. The number of amides is 1. The van der Waals surface area contributed by atoms with Crippen molar-refractivity contribution < 1.29 is 9.53 Å². The first kappa shape index (κ1) is 19.3. The third kappa shape index (κ3) is 4.62. The molecule has 7 heteroatoms. The summed E-state index contributed by atoms with van der Waals surface area (Å²) in [4.78, 5) is 29.9. The SMILES string of the molecule is CC(C)(C)OC(=O)N1CCC(Sc2c[nH]c(=O)c3ccc(Br)cc23)CC1. The van der Waals surface area contributed by atoms with Gasteiger partial charge < -0.3 is 14.6 Å². The van der Waals surface area contributed by atoms with Crippen LogP contribution in [0.4, 0.5) is 4.79 Å². The Hall–Kier alpha value is -1.47. The standard InChI is InChI=1S/C19H23BrN2O3S/c1-19(2,3)25-18(24)22-8-6-13(7-9-22)26-16-11-21-17(23)14-5-4-12(20)10-15(14)16/h4-5,10-11,13H,6-9H2,1-3H3,(H,21,23). The molecule has 0 radical (unpaired) electrons. The zero-order chi connectivity index (χ0) is 18.9. The van der Waals surface area contributed by atoms with Crippen molar-refractivity contribution in [3.63, 3.8) is 0 Å². The fourth-order valence-corrected chi connectivity index (χ4v) is 4.55. The molecule has 1 aliphatic rings. The second kappa shape index (κ2) is 7.64. The van der Waals surface area contributed by atoms with Gasteiger partial charge >= 0.3 is 6.09 Å². The molecular formula is C19H23BrN2O3S. The van der Waals surface area contributed by atoms with Crippen molar-refractivity contribution in [3.05, 3.63) is 39.2 Å². The molecule has 3 rings (SSSR count). The number of piperidine rings is 1. The smallest absolute Gasteiger partial charge is 0.410 e. The van der Waals surface area contributed by atoms with Crippen LogP contribution in [0.1, 0.15) is 33.6 Å². The van der Waals surface area contributed by atoms with E-state index in [0.29, 0.717) is 23.7 Å². The van der Waals surface area contributed by atoms with E-state index in [-0.39, 0.29) is 11.7 Å². The fraction of sp³-hybridized carbons (Fsp3) is 0.474. The summed E-state index contributed by atoms with van der Waals surface area (Å²) in [5, 5.41) is 2.06. The Bertz CT molecular complexity index is 867. The average molecular weight is 439 g/mol. The van der Waals surface area contributed by atoms with Crippen molar-refractivity contribution >= 4 is 44.6 Å². The fourth-order valence-electron chi connectivity index (χ4n) is 2.96. The highest BCUT2D eigenvalue weighted by Crippen LogP contribution is 2.34. The predicted molar refractivity (Wildman–Crippen MR) is 109 cm³/mol. The van der Waals surface area contributed by atoms with Crippen molar-refractivity contribution in [2.24, 2.45) is 0 Å².